The highest BCUT2D eigenvalue weighted by molar-refractivity contribution is 5.92. The number of nitrogens with zero attached hydrogens (tertiary/aromatic N) is 1. The lowest BCUT2D eigenvalue weighted by Gasteiger charge is -2.08. The van der Waals surface area contributed by atoms with Gasteiger partial charge in [-0.05, 0) is 12.8 Å². The lowest BCUT2D eigenvalue weighted by molar-refractivity contribution is -0.119. The highest BCUT2D eigenvalue weighted by Gasteiger charge is 2.24. The van der Waals surface area contributed by atoms with Crippen LogP contribution in [0.4, 0.5) is 5.82 Å². The highest BCUT2D eigenvalue weighted by atomic mass is 16.5. The van der Waals surface area contributed by atoms with Crippen molar-refractivity contribution in [3.8, 4) is 0 Å². The average molecular weight is 209 g/mol. The maximum Gasteiger partial charge on any atom is 0.231 e. The monoisotopic (exact) mass is 209 g/mol. The Morgan fingerprint density at radius 2 is 2.67 bits per heavy atom. The Bertz CT molecular complexity index is 342. The molecule has 82 valence electrons. The first-order valence-electron chi connectivity index (χ1n) is 5.22. The predicted molar refractivity (Wildman–Crippen MR) is 55.5 cm³/mol. The second kappa shape index (κ2) is 4.44. The third kappa shape index (κ3) is 2.18. The van der Waals surface area contributed by atoms with E-state index in [-0.39, 0.29) is 11.8 Å². The van der Waals surface area contributed by atoms with E-state index < -0.39 is 0 Å². The molecule has 1 atom stereocenters. The number of aromatic nitrogens is 2. The fourth-order valence-corrected chi connectivity index (χ4v) is 1.65. The van der Waals surface area contributed by atoms with Crippen LogP contribution in [-0.4, -0.2) is 29.3 Å². The molecule has 1 aliphatic rings. The van der Waals surface area contributed by atoms with Crippen molar-refractivity contribution in [1.29, 1.82) is 0 Å². The van der Waals surface area contributed by atoms with E-state index in [2.05, 4.69) is 15.5 Å². The number of H-pyrrole nitrogens is 1. The molecule has 1 amide bonds. The second-order valence-electron chi connectivity index (χ2n) is 3.67. The number of aryl methyl sites for hydroxylation is 1. The summed E-state index contributed by atoms with van der Waals surface area (Å²) >= 11 is 0. The third-order valence-electron chi connectivity index (χ3n) is 2.65. The van der Waals surface area contributed by atoms with E-state index in [1.165, 1.54) is 0 Å². The molecular weight excluding hydrogens is 194 g/mol. The van der Waals surface area contributed by atoms with Crippen LogP contribution in [-0.2, 0) is 16.0 Å². The smallest absolute Gasteiger partial charge is 0.231 e. The lowest BCUT2D eigenvalue weighted by atomic mass is 10.1. The molecule has 0 bridgehead atoms. The van der Waals surface area contributed by atoms with Gasteiger partial charge in [0.2, 0.25) is 5.91 Å². The molecule has 1 aromatic heterocycles. The Balaban J connectivity index is 1.98. The Kier molecular flexibility index (Phi) is 3.01. The number of nitrogens with one attached hydrogen (secondary N) is 2. The van der Waals surface area contributed by atoms with Crippen LogP contribution in [0.1, 0.15) is 18.9 Å². The van der Waals surface area contributed by atoms with Gasteiger partial charge in [0.05, 0.1) is 18.7 Å². The molecule has 2 heterocycles. The largest absolute Gasteiger partial charge is 0.381 e. The first-order valence-corrected chi connectivity index (χ1v) is 5.22. The second-order valence-corrected chi connectivity index (χ2v) is 3.67. The number of ether oxygens (including phenoxy) is 1. The van der Waals surface area contributed by atoms with Crippen LogP contribution >= 0.6 is 0 Å². The highest BCUT2D eigenvalue weighted by Crippen LogP contribution is 2.17. The molecule has 2 N–H and O–H groups in total. The summed E-state index contributed by atoms with van der Waals surface area (Å²) in [6, 6.07) is 0. The van der Waals surface area contributed by atoms with Gasteiger partial charge in [-0.3, -0.25) is 9.89 Å². The molecular formula is C10H15N3O2. The molecule has 5 heteroatoms. The van der Waals surface area contributed by atoms with E-state index in [1.807, 2.05) is 6.92 Å². The first kappa shape index (κ1) is 10.2. The van der Waals surface area contributed by atoms with E-state index >= 15 is 0 Å². The zero-order valence-corrected chi connectivity index (χ0v) is 8.75. The summed E-state index contributed by atoms with van der Waals surface area (Å²) in [5.74, 6) is 0.721. The van der Waals surface area contributed by atoms with Gasteiger partial charge in [0, 0.05) is 12.2 Å². The van der Waals surface area contributed by atoms with Crippen LogP contribution in [0.25, 0.3) is 0 Å². The summed E-state index contributed by atoms with van der Waals surface area (Å²) in [5.41, 5.74) is 1.03. The van der Waals surface area contributed by atoms with Crippen LogP contribution in [0.5, 0.6) is 0 Å². The quantitative estimate of drug-likeness (QED) is 0.778. The van der Waals surface area contributed by atoms with Crippen molar-refractivity contribution in [3.63, 3.8) is 0 Å². The SMILES string of the molecule is CCc1cn[nH]c1NC(=O)C1CCOC1. The number of anilines is 1. The lowest BCUT2D eigenvalue weighted by Crippen LogP contribution is -2.23. The molecule has 0 saturated carbocycles. The zero-order valence-electron chi connectivity index (χ0n) is 8.75. The molecule has 1 unspecified atom stereocenters. The van der Waals surface area contributed by atoms with E-state index in [9.17, 15) is 4.79 Å². The number of amides is 1. The summed E-state index contributed by atoms with van der Waals surface area (Å²) in [6.45, 7) is 3.24. The first-order chi connectivity index (χ1) is 7.31. The van der Waals surface area contributed by atoms with Crippen molar-refractivity contribution < 1.29 is 9.53 Å². The Morgan fingerprint density at radius 1 is 1.80 bits per heavy atom. The Labute approximate surface area is 88.2 Å². The van der Waals surface area contributed by atoms with Gasteiger partial charge in [0.1, 0.15) is 5.82 Å². The Morgan fingerprint density at radius 3 is 3.33 bits per heavy atom. The number of carbonyl (C=O) groups excluding carboxylic acids is 1. The van der Waals surface area contributed by atoms with Gasteiger partial charge in [0.25, 0.3) is 0 Å². The molecule has 5 nitrogen and oxygen atoms in total. The van der Waals surface area contributed by atoms with Gasteiger partial charge >= 0.3 is 0 Å². The Hall–Kier alpha value is -1.36. The number of rotatable bonds is 3. The van der Waals surface area contributed by atoms with Gasteiger partial charge < -0.3 is 10.1 Å². The van der Waals surface area contributed by atoms with Crippen molar-refractivity contribution in [3.05, 3.63) is 11.8 Å². The van der Waals surface area contributed by atoms with E-state index in [4.69, 9.17) is 4.74 Å². The minimum atomic E-state index is -0.0157. The topological polar surface area (TPSA) is 67.0 Å². The van der Waals surface area contributed by atoms with E-state index in [0.717, 1.165) is 24.2 Å². The molecule has 0 radical (unpaired) electrons. The van der Waals surface area contributed by atoms with E-state index in [0.29, 0.717) is 13.2 Å². The fraction of sp³-hybridized carbons (Fsp3) is 0.600. The number of hydrogen-bond acceptors (Lipinski definition) is 3. The zero-order chi connectivity index (χ0) is 10.7. The third-order valence-corrected chi connectivity index (χ3v) is 2.65. The molecule has 0 aliphatic carbocycles. The van der Waals surface area contributed by atoms with Crippen molar-refractivity contribution in [2.24, 2.45) is 5.92 Å². The molecule has 1 aromatic rings. The average Bonchev–Trinajstić information content (AvgIpc) is 2.87. The minimum absolute atomic E-state index is 0.0157. The predicted octanol–water partition coefficient (Wildman–Crippen LogP) is 0.947. The van der Waals surface area contributed by atoms with Gasteiger partial charge in [-0.2, -0.15) is 5.10 Å². The van der Waals surface area contributed by atoms with Crippen LogP contribution < -0.4 is 5.32 Å². The van der Waals surface area contributed by atoms with E-state index in [1.54, 1.807) is 6.20 Å². The van der Waals surface area contributed by atoms with Crippen molar-refractivity contribution in [2.75, 3.05) is 18.5 Å². The fourth-order valence-electron chi connectivity index (χ4n) is 1.65. The molecule has 15 heavy (non-hydrogen) atoms. The van der Waals surface area contributed by atoms with Crippen molar-refractivity contribution in [1.82, 2.24) is 10.2 Å². The summed E-state index contributed by atoms with van der Waals surface area (Å²) in [6.07, 6.45) is 3.40. The maximum atomic E-state index is 11.7. The van der Waals surface area contributed by atoms with Gasteiger partial charge in [0.15, 0.2) is 0 Å². The van der Waals surface area contributed by atoms with Gasteiger partial charge in [-0.1, -0.05) is 6.92 Å². The van der Waals surface area contributed by atoms with Crippen LogP contribution in [0, 0.1) is 5.92 Å². The maximum absolute atomic E-state index is 11.7. The molecule has 1 aliphatic heterocycles. The molecule has 0 aromatic carbocycles. The molecule has 1 fully saturated rings. The summed E-state index contributed by atoms with van der Waals surface area (Å²) < 4.78 is 5.17. The van der Waals surface area contributed by atoms with Crippen LogP contribution in [0.15, 0.2) is 6.20 Å². The molecule has 2 rings (SSSR count). The van der Waals surface area contributed by atoms with Gasteiger partial charge in [-0.25, -0.2) is 0 Å². The minimum Gasteiger partial charge on any atom is -0.381 e. The van der Waals surface area contributed by atoms with Crippen molar-refractivity contribution >= 4 is 11.7 Å². The summed E-state index contributed by atoms with van der Waals surface area (Å²) in [7, 11) is 0. The summed E-state index contributed by atoms with van der Waals surface area (Å²) in [4.78, 5) is 11.7. The number of hydrogen-bond donors (Lipinski definition) is 2. The normalized spacial score (nSPS) is 20.5. The molecule has 1 saturated heterocycles. The van der Waals surface area contributed by atoms with Crippen molar-refractivity contribution in [2.45, 2.75) is 19.8 Å². The van der Waals surface area contributed by atoms with Gasteiger partial charge in [-0.15, -0.1) is 0 Å². The standard InChI is InChI=1S/C10H15N3O2/c1-2-7-5-11-13-9(7)12-10(14)8-3-4-15-6-8/h5,8H,2-4,6H2,1H3,(H2,11,12,13,14). The summed E-state index contributed by atoms with van der Waals surface area (Å²) in [5, 5.41) is 9.54. The van der Waals surface area contributed by atoms with Crippen LogP contribution in [0.3, 0.4) is 0 Å². The van der Waals surface area contributed by atoms with Crippen LogP contribution in [0.2, 0.25) is 0 Å². The number of aromatic amines is 1. The number of carbonyl (C=O) groups is 1. The molecule has 0 spiro atoms.